The Kier molecular flexibility index (Phi) is 9.25. The summed E-state index contributed by atoms with van der Waals surface area (Å²) < 4.78 is 0. The van der Waals surface area contributed by atoms with Gasteiger partial charge in [-0.15, -0.1) is 0 Å². The molecule has 1 aromatic heterocycles. The molecule has 1 aliphatic heterocycles. The first kappa shape index (κ1) is 24.1. The van der Waals surface area contributed by atoms with Crippen molar-refractivity contribution in [3.8, 4) is 0 Å². The summed E-state index contributed by atoms with van der Waals surface area (Å²) in [4.78, 5) is 50.6. The van der Waals surface area contributed by atoms with Crippen LogP contribution in [-0.4, -0.2) is 76.3 Å². The van der Waals surface area contributed by atoms with E-state index in [4.69, 9.17) is 17.2 Å². The van der Waals surface area contributed by atoms with Gasteiger partial charge in [0, 0.05) is 37.4 Å². The van der Waals surface area contributed by atoms with Gasteiger partial charge in [-0.25, -0.2) is 4.98 Å². The number of amides is 3. The number of guanidine groups is 1. The standard InChI is InChI=1S/C19H33N9O3/c1-12-4-3-7-28(12)18(31)14(5-2-6-24-19(21)22)27-17(30)15(26-16(29)9-20)8-13-10-23-11-25-13/h10-12,14-15H,2-9,20H2,1H3,(H,23,25)(H,26,29)(H,27,30)(H4,21,22,24)/t12-,14+,15+/m1/s1. The number of nitrogens with two attached hydrogens (primary N) is 3. The highest BCUT2D eigenvalue weighted by atomic mass is 16.2. The van der Waals surface area contributed by atoms with E-state index in [0.717, 1.165) is 12.8 Å². The number of carbonyl (C=O) groups is 3. The zero-order valence-corrected chi connectivity index (χ0v) is 17.8. The first-order chi connectivity index (χ1) is 14.8. The average molecular weight is 436 g/mol. The molecule has 2 heterocycles. The van der Waals surface area contributed by atoms with Gasteiger partial charge in [-0.05, 0) is 32.6 Å². The van der Waals surface area contributed by atoms with Gasteiger partial charge >= 0.3 is 0 Å². The van der Waals surface area contributed by atoms with Crippen molar-refractivity contribution in [1.29, 1.82) is 0 Å². The number of nitrogens with one attached hydrogen (secondary N) is 3. The Hall–Kier alpha value is -3.15. The Balaban J connectivity index is 2.11. The molecule has 1 saturated heterocycles. The molecule has 0 aliphatic carbocycles. The molecule has 1 fully saturated rings. The maximum Gasteiger partial charge on any atom is 0.245 e. The van der Waals surface area contributed by atoms with Crippen molar-refractivity contribution in [2.75, 3.05) is 19.6 Å². The van der Waals surface area contributed by atoms with Gasteiger partial charge in [0.05, 0.1) is 12.9 Å². The molecule has 12 nitrogen and oxygen atoms in total. The third kappa shape index (κ3) is 7.55. The van der Waals surface area contributed by atoms with Gasteiger partial charge in [0.15, 0.2) is 5.96 Å². The molecule has 2 rings (SSSR count). The van der Waals surface area contributed by atoms with Crippen molar-refractivity contribution >= 4 is 23.7 Å². The van der Waals surface area contributed by atoms with Crippen molar-refractivity contribution in [3.05, 3.63) is 18.2 Å². The van der Waals surface area contributed by atoms with Gasteiger partial charge in [0.25, 0.3) is 0 Å². The average Bonchev–Trinajstić information content (AvgIpc) is 3.40. The van der Waals surface area contributed by atoms with Crippen LogP contribution in [0.15, 0.2) is 17.5 Å². The minimum atomic E-state index is -0.902. The predicted octanol–water partition coefficient (Wildman–Crippen LogP) is -2.05. The van der Waals surface area contributed by atoms with Crippen LogP contribution in [0.1, 0.15) is 38.3 Å². The molecule has 0 unspecified atom stereocenters. The Morgan fingerprint density at radius 2 is 2.10 bits per heavy atom. The summed E-state index contributed by atoms with van der Waals surface area (Å²) in [6.45, 7) is 2.74. The van der Waals surface area contributed by atoms with Gasteiger partial charge in [0.2, 0.25) is 17.7 Å². The van der Waals surface area contributed by atoms with E-state index >= 15 is 0 Å². The molecule has 0 saturated carbocycles. The van der Waals surface area contributed by atoms with Gasteiger partial charge < -0.3 is 37.7 Å². The SMILES string of the molecule is C[C@@H]1CCCN1C(=O)[C@H](CCCN=C(N)N)NC(=O)[C@H](Cc1cnc[nH]1)NC(=O)CN. The summed E-state index contributed by atoms with van der Waals surface area (Å²) >= 11 is 0. The second-order valence-electron chi connectivity index (χ2n) is 7.64. The normalized spacial score (nSPS) is 17.6. The third-order valence-electron chi connectivity index (χ3n) is 5.21. The van der Waals surface area contributed by atoms with Crippen molar-refractivity contribution in [2.24, 2.45) is 22.2 Å². The fourth-order valence-corrected chi connectivity index (χ4v) is 3.57. The first-order valence-electron chi connectivity index (χ1n) is 10.4. The second kappa shape index (κ2) is 11.9. The van der Waals surface area contributed by atoms with Crippen LogP contribution in [0.5, 0.6) is 0 Å². The highest BCUT2D eigenvalue weighted by molar-refractivity contribution is 5.92. The molecule has 1 aliphatic rings. The summed E-state index contributed by atoms with van der Waals surface area (Å²) in [5.74, 6) is -1.11. The number of aromatic nitrogens is 2. The van der Waals surface area contributed by atoms with Gasteiger partial charge in [-0.1, -0.05) is 0 Å². The van der Waals surface area contributed by atoms with Crippen LogP contribution in [0, 0.1) is 0 Å². The van der Waals surface area contributed by atoms with Crippen LogP contribution in [0.2, 0.25) is 0 Å². The molecule has 0 radical (unpaired) electrons. The van der Waals surface area contributed by atoms with E-state index in [1.807, 2.05) is 6.92 Å². The molecule has 3 amide bonds. The van der Waals surface area contributed by atoms with Gasteiger partial charge in [-0.2, -0.15) is 0 Å². The summed E-state index contributed by atoms with van der Waals surface area (Å²) in [6, 6.07) is -1.54. The number of hydrogen-bond donors (Lipinski definition) is 6. The van der Waals surface area contributed by atoms with Crippen molar-refractivity contribution in [1.82, 2.24) is 25.5 Å². The maximum absolute atomic E-state index is 13.1. The Morgan fingerprint density at radius 1 is 1.32 bits per heavy atom. The fourth-order valence-electron chi connectivity index (χ4n) is 3.57. The first-order valence-corrected chi connectivity index (χ1v) is 10.4. The predicted molar refractivity (Wildman–Crippen MR) is 116 cm³/mol. The zero-order chi connectivity index (χ0) is 22.8. The lowest BCUT2D eigenvalue weighted by Gasteiger charge is -2.29. The molecule has 31 heavy (non-hydrogen) atoms. The van der Waals surface area contributed by atoms with Crippen LogP contribution in [0.4, 0.5) is 0 Å². The quantitative estimate of drug-likeness (QED) is 0.130. The number of hydrogen-bond acceptors (Lipinski definition) is 6. The molecule has 0 spiro atoms. The molecule has 0 aromatic carbocycles. The third-order valence-corrected chi connectivity index (χ3v) is 5.21. The highest BCUT2D eigenvalue weighted by Gasteiger charge is 2.33. The van der Waals surface area contributed by atoms with E-state index in [1.54, 1.807) is 11.1 Å². The molecule has 172 valence electrons. The van der Waals surface area contributed by atoms with E-state index in [1.165, 1.54) is 6.33 Å². The number of carbonyl (C=O) groups excluding carboxylic acids is 3. The van der Waals surface area contributed by atoms with Gasteiger partial charge in [-0.3, -0.25) is 19.4 Å². The van der Waals surface area contributed by atoms with E-state index in [9.17, 15) is 14.4 Å². The van der Waals surface area contributed by atoms with E-state index < -0.39 is 23.9 Å². The molecule has 3 atom stereocenters. The number of nitrogens with zero attached hydrogens (tertiary/aromatic N) is 3. The van der Waals surface area contributed by atoms with Crippen LogP contribution in [0.3, 0.4) is 0 Å². The Labute approximate surface area is 181 Å². The fraction of sp³-hybridized carbons (Fsp3) is 0.632. The summed E-state index contributed by atoms with van der Waals surface area (Å²) in [5.41, 5.74) is 16.8. The monoisotopic (exact) mass is 435 g/mol. The van der Waals surface area contributed by atoms with Crippen molar-refractivity contribution in [3.63, 3.8) is 0 Å². The Bertz CT molecular complexity index is 762. The topological polar surface area (TPSA) is 198 Å². The molecule has 1 aromatic rings. The molecular weight excluding hydrogens is 402 g/mol. The number of likely N-dealkylation sites (tertiary alicyclic amines) is 1. The number of aliphatic imine (C=N–C) groups is 1. The lowest BCUT2D eigenvalue weighted by Crippen LogP contribution is -2.56. The molecule has 0 bridgehead atoms. The number of aromatic amines is 1. The lowest BCUT2D eigenvalue weighted by molar-refractivity contribution is -0.138. The van der Waals surface area contributed by atoms with Crippen molar-refractivity contribution in [2.45, 2.75) is 57.2 Å². The molecule has 9 N–H and O–H groups in total. The summed E-state index contributed by atoms with van der Waals surface area (Å²) in [5, 5.41) is 5.42. The summed E-state index contributed by atoms with van der Waals surface area (Å²) in [6.07, 6.45) is 5.97. The minimum Gasteiger partial charge on any atom is -0.370 e. The van der Waals surface area contributed by atoms with E-state index in [-0.39, 0.29) is 30.9 Å². The van der Waals surface area contributed by atoms with E-state index in [0.29, 0.717) is 31.6 Å². The maximum atomic E-state index is 13.1. The van der Waals surface area contributed by atoms with Gasteiger partial charge in [0.1, 0.15) is 12.1 Å². The number of H-pyrrole nitrogens is 1. The molecular formula is C19H33N9O3. The molecule has 12 heteroatoms. The van der Waals surface area contributed by atoms with Crippen LogP contribution in [0.25, 0.3) is 0 Å². The van der Waals surface area contributed by atoms with Crippen LogP contribution < -0.4 is 27.8 Å². The highest BCUT2D eigenvalue weighted by Crippen LogP contribution is 2.18. The number of imidazole rings is 1. The van der Waals surface area contributed by atoms with Crippen molar-refractivity contribution < 1.29 is 14.4 Å². The smallest absolute Gasteiger partial charge is 0.245 e. The van der Waals surface area contributed by atoms with Crippen LogP contribution in [-0.2, 0) is 20.8 Å². The minimum absolute atomic E-state index is 0.0239. The van der Waals surface area contributed by atoms with E-state index in [2.05, 4.69) is 25.6 Å². The summed E-state index contributed by atoms with van der Waals surface area (Å²) in [7, 11) is 0. The van der Waals surface area contributed by atoms with Crippen LogP contribution >= 0.6 is 0 Å². The Morgan fingerprint density at radius 3 is 2.68 bits per heavy atom. The lowest BCUT2D eigenvalue weighted by atomic mass is 10.1. The zero-order valence-electron chi connectivity index (χ0n) is 17.8. The second-order valence-corrected chi connectivity index (χ2v) is 7.64. The largest absolute Gasteiger partial charge is 0.370 e. The number of rotatable bonds is 11.